The minimum atomic E-state index is -0.286. The molecule has 2 nitrogen and oxygen atoms in total. The summed E-state index contributed by atoms with van der Waals surface area (Å²) in [7, 11) is 0. The number of carbonyl (C=O) groups excluding carboxylic acids is 1. The smallest absolute Gasteiger partial charge is 0.308 e. The summed E-state index contributed by atoms with van der Waals surface area (Å²) < 4.78 is 4.78. The first kappa shape index (κ1) is 13.8. The maximum Gasteiger partial charge on any atom is 0.308 e. The predicted molar refractivity (Wildman–Crippen MR) is 52.2 cm³/mol. The van der Waals surface area contributed by atoms with Crippen LogP contribution < -0.4 is 4.74 Å². The van der Waals surface area contributed by atoms with E-state index in [1.165, 1.54) is 6.92 Å². The fourth-order valence-corrected chi connectivity index (χ4v) is 0.655. The van der Waals surface area contributed by atoms with Gasteiger partial charge in [-0.1, -0.05) is 18.2 Å². The molecule has 0 N–H and O–H groups in total. The number of esters is 1. The highest BCUT2D eigenvalue weighted by Crippen LogP contribution is 2.07. The van der Waals surface area contributed by atoms with Gasteiger partial charge in [-0.05, 0) is 12.1 Å². The lowest BCUT2D eigenvalue weighted by Crippen LogP contribution is -2.00. The molecule has 1 rings (SSSR count). The fraction of sp³-hybridized carbons (Fsp3) is 0.125. The molecular weight excluding hydrogens is 199 g/mol. The topological polar surface area (TPSA) is 26.3 Å². The summed E-state index contributed by atoms with van der Waals surface area (Å²) in [6, 6.07) is 8.98. The average Bonchev–Trinajstić information content (AvgIpc) is 1.88. The Labute approximate surface area is 83.7 Å². The van der Waals surface area contributed by atoms with Gasteiger partial charge >= 0.3 is 5.97 Å². The molecular formula is C8H10Cl2O2. The van der Waals surface area contributed by atoms with E-state index in [-0.39, 0.29) is 30.8 Å². The quantitative estimate of drug-likeness (QED) is 0.524. The Morgan fingerprint density at radius 1 is 1.17 bits per heavy atom. The summed E-state index contributed by atoms with van der Waals surface area (Å²) in [5.74, 6) is 0.307. The van der Waals surface area contributed by atoms with Crippen molar-refractivity contribution in [3.63, 3.8) is 0 Å². The fourth-order valence-electron chi connectivity index (χ4n) is 0.655. The Bertz CT molecular complexity index is 224. The first-order valence-corrected chi connectivity index (χ1v) is 3.02. The van der Waals surface area contributed by atoms with Crippen molar-refractivity contribution in [1.82, 2.24) is 0 Å². The minimum Gasteiger partial charge on any atom is -0.427 e. The van der Waals surface area contributed by atoms with Gasteiger partial charge in [0, 0.05) is 6.92 Å². The second-order valence-electron chi connectivity index (χ2n) is 1.91. The first-order valence-electron chi connectivity index (χ1n) is 3.02. The van der Waals surface area contributed by atoms with Gasteiger partial charge < -0.3 is 4.74 Å². The number of benzene rings is 1. The number of rotatable bonds is 1. The van der Waals surface area contributed by atoms with Crippen LogP contribution in [0.25, 0.3) is 0 Å². The zero-order chi connectivity index (χ0) is 7.40. The van der Waals surface area contributed by atoms with Crippen molar-refractivity contribution >= 4 is 30.8 Å². The van der Waals surface area contributed by atoms with Gasteiger partial charge in [0.05, 0.1) is 0 Å². The average molecular weight is 209 g/mol. The Morgan fingerprint density at radius 3 is 2.08 bits per heavy atom. The van der Waals surface area contributed by atoms with E-state index in [1.54, 1.807) is 12.1 Å². The second kappa shape index (κ2) is 6.95. The molecule has 4 heteroatoms. The molecule has 0 unspecified atom stereocenters. The largest absolute Gasteiger partial charge is 0.427 e. The Morgan fingerprint density at radius 2 is 1.67 bits per heavy atom. The molecule has 0 aliphatic heterocycles. The van der Waals surface area contributed by atoms with Gasteiger partial charge in [0.1, 0.15) is 5.75 Å². The molecule has 68 valence electrons. The number of para-hydroxylation sites is 1. The second-order valence-corrected chi connectivity index (χ2v) is 1.91. The molecule has 12 heavy (non-hydrogen) atoms. The van der Waals surface area contributed by atoms with Gasteiger partial charge in [0.15, 0.2) is 0 Å². The summed E-state index contributed by atoms with van der Waals surface area (Å²) in [6.45, 7) is 1.38. The third kappa shape index (κ3) is 4.99. The summed E-state index contributed by atoms with van der Waals surface area (Å²) in [5, 5.41) is 0. The molecule has 0 saturated carbocycles. The van der Waals surface area contributed by atoms with Gasteiger partial charge in [0.2, 0.25) is 0 Å². The van der Waals surface area contributed by atoms with E-state index in [1.807, 2.05) is 18.2 Å². The maximum atomic E-state index is 10.4. The van der Waals surface area contributed by atoms with Gasteiger partial charge in [-0.15, -0.1) is 24.8 Å². The van der Waals surface area contributed by atoms with Crippen molar-refractivity contribution in [2.45, 2.75) is 6.92 Å². The number of hydrogen-bond acceptors (Lipinski definition) is 2. The van der Waals surface area contributed by atoms with Gasteiger partial charge in [0.25, 0.3) is 0 Å². The lowest BCUT2D eigenvalue weighted by molar-refractivity contribution is -0.131. The summed E-state index contributed by atoms with van der Waals surface area (Å²) in [5.41, 5.74) is 0. The molecule has 0 aliphatic rings. The van der Waals surface area contributed by atoms with Gasteiger partial charge in [-0.3, -0.25) is 4.79 Å². The van der Waals surface area contributed by atoms with E-state index in [0.717, 1.165) is 0 Å². The predicted octanol–water partition coefficient (Wildman–Crippen LogP) is 2.46. The zero-order valence-corrected chi connectivity index (χ0v) is 8.15. The van der Waals surface area contributed by atoms with Gasteiger partial charge in [-0.25, -0.2) is 0 Å². The summed E-state index contributed by atoms with van der Waals surface area (Å²) in [6.07, 6.45) is 0. The van der Waals surface area contributed by atoms with Crippen molar-refractivity contribution in [2.24, 2.45) is 0 Å². The molecule has 0 heterocycles. The monoisotopic (exact) mass is 208 g/mol. The molecule has 0 fully saturated rings. The summed E-state index contributed by atoms with van der Waals surface area (Å²) >= 11 is 0. The van der Waals surface area contributed by atoms with Crippen LogP contribution in [-0.2, 0) is 4.79 Å². The molecule has 0 spiro atoms. The number of hydrogen-bond donors (Lipinski definition) is 0. The number of halogens is 2. The van der Waals surface area contributed by atoms with Crippen LogP contribution in [0.1, 0.15) is 6.92 Å². The third-order valence-electron chi connectivity index (χ3n) is 1.00. The van der Waals surface area contributed by atoms with E-state index in [9.17, 15) is 4.79 Å². The third-order valence-corrected chi connectivity index (χ3v) is 1.00. The van der Waals surface area contributed by atoms with Crippen molar-refractivity contribution in [3.8, 4) is 5.75 Å². The molecule has 1 aromatic carbocycles. The molecule has 0 atom stereocenters. The first-order chi connectivity index (χ1) is 4.79. The van der Waals surface area contributed by atoms with E-state index in [4.69, 9.17) is 4.74 Å². The lowest BCUT2D eigenvalue weighted by atomic mass is 10.3. The van der Waals surface area contributed by atoms with E-state index in [2.05, 4.69) is 0 Å². The van der Waals surface area contributed by atoms with Crippen LogP contribution in [0.5, 0.6) is 5.75 Å². The molecule has 0 aliphatic carbocycles. The lowest BCUT2D eigenvalue weighted by Gasteiger charge is -1.97. The minimum absolute atomic E-state index is 0. The molecule has 1 aromatic rings. The van der Waals surface area contributed by atoms with Crippen LogP contribution >= 0.6 is 24.8 Å². The van der Waals surface area contributed by atoms with Crippen molar-refractivity contribution in [3.05, 3.63) is 30.3 Å². The number of carbonyl (C=O) groups is 1. The Kier molecular flexibility index (Phi) is 8.01. The highest BCUT2D eigenvalue weighted by molar-refractivity contribution is 5.85. The van der Waals surface area contributed by atoms with Crippen LogP contribution in [0, 0.1) is 0 Å². The molecule has 0 aromatic heterocycles. The SMILES string of the molecule is CC(=O)Oc1ccccc1.Cl.Cl. The number of ether oxygens (including phenoxy) is 1. The van der Waals surface area contributed by atoms with Crippen molar-refractivity contribution < 1.29 is 9.53 Å². The highest BCUT2D eigenvalue weighted by Gasteiger charge is 1.92. The molecule has 0 radical (unpaired) electrons. The molecule has 0 bridgehead atoms. The van der Waals surface area contributed by atoms with Crippen LogP contribution in [0.2, 0.25) is 0 Å². The highest BCUT2D eigenvalue weighted by atomic mass is 35.5. The van der Waals surface area contributed by atoms with E-state index in [0.29, 0.717) is 5.75 Å². The maximum absolute atomic E-state index is 10.4. The molecule has 0 saturated heterocycles. The van der Waals surface area contributed by atoms with Crippen molar-refractivity contribution in [2.75, 3.05) is 0 Å². The Hall–Kier alpha value is -0.730. The van der Waals surface area contributed by atoms with Crippen LogP contribution in [0.4, 0.5) is 0 Å². The van der Waals surface area contributed by atoms with E-state index < -0.39 is 0 Å². The zero-order valence-electron chi connectivity index (χ0n) is 6.52. The standard InChI is InChI=1S/C8H8O2.2ClH/c1-7(9)10-8-5-3-2-4-6-8;;/h2-6H,1H3;2*1H. The normalized spacial score (nSPS) is 7.42. The Balaban J connectivity index is 0. The summed E-state index contributed by atoms with van der Waals surface area (Å²) in [4.78, 5) is 10.4. The molecule has 0 amide bonds. The van der Waals surface area contributed by atoms with Crippen LogP contribution in [0.15, 0.2) is 30.3 Å². The van der Waals surface area contributed by atoms with E-state index >= 15 is 0 Å². The van der Waals surface area contributed by atoms with Crippen LogP contribution in [-0.4, -0.2) is 5.97 Å². The van der Waals surface area contributed by atoms with Crippen molar-refractivity contribution in [1.29, 1.82) is 0 Å². The van der Waals surface area contributed by atoms with Crippen LogP contribution in [0.3, 0.4) is 0 Å². The van der Waals surface area contributed by atoms with Gasteiger partial charge in [-0.2, -0.15) is 0 Å².